The molecule has 20 heavy (non-hydrogen) atoms. The number of carboxylic acid groups (broad SMARTS) is 1. The largest absolute Gasteiger partial charge is 0.479 e. The van der Waals surface area contributed by atoms with E-state index in [-0.39, 0.29) is 19.0 Å². The molecular formula is C13H23N3O4. The Morgan fingerprint density at radius 3 is 2.60 bits per heavy atom. The molecule has 0 aromatic heterocycles. The van der Waals surface area contributed by atoms with Crippen molar-refractivity contribution in [3.8, 4) is 0 Å². The van der Waals surface area contributed by atoms with Crippen LogP contribution in [0, 0.1) is 0 Å². The number of aliphatic hydroxyl groups excluding tert-OH is 1. The number of rotatable bonds is 5. The van der Waals surface area contributed by atoms with E-state index in [2.05, 4.69) is 10.2 Å². The Hall–Kier alpha value is -1.34. The maximum absolute atomic E-state index is 11.9. The van der Waals surface area contributed by atoms with Crippen LogP contribution in [0.1, 0.15) is 25.7 Å². The van der Waals surface area contributed by atoms with Crippen LogP contribution in [0.2, 0.25) is 0 Å². The molecule has 0 aromatic rings. The Morgan fingerprint density at radius 1 is 1.25 bits per heavy atom. The molecule has 0 saturated carbocycles. The standard InChI is InChI=1S/C13H23N3O4/c17-11(12(18)19)3-5-14-13(20)16-8-4-10(9-16)15-6-1-2-7-15/h10-11,17H,1-9H2,(H,14,20)(H,18,19). The summed E-state index contributed by atoms with van der Waals surface area (Å²) in [6.45, 7) is 3.93. The van der Waals surface area contributed by atoms with E-state index in [4.69, 9.17) is 10.2 Å². The van der Waals surface area contributed by atoms with Crippen LogP contribution < -0.4 is 5.32 Å². The molecule has 7 nitrogen and oxygen atoms in total. The van der Waals surface area contributed by atoms with Gasteiger partial charge in [0.05, 0.1) is 0 Å². The molecule has 3 N–H and O–H groups in total. The maximum Gasteiger partial charge on any atom is 0.332 e. The van der Waals surface area contributed by atoms with E-state index < -0.39 is 12.1 Å². The van der Waals surface area contributed by atoms with Crippen LogP contribution in [0.3, 0.4) is 0 Å². The summed E-state index contributed by atoms with van der Waals surface area (Å²) in [5, 5.41) is 20.3. The highest BCUT2D eigenvalue weighted by atomic mass is 16.4. The van der Waals surface area contributed by atoms with Gasteiger partial charge in [0.15, 0.2) is 6.10 Å². The third-order valence-corrected chi connectivity index (χ3v) is 4.09. The van der Waals surface area contributed by atoms with Crippen LogP contribution >= 0.6 is 0 Å². The first-order valence-corrected chi connectivity index (χ1v) is 7.25. The zero-order chi connectivity index (χ0) is 14.5. The molecule has 0 radical (unpaired) electrons. The van der Waals surface area contributed by atoms with Crippen molar-refractivity contribution in [1.82, 2.24) is 15.1 Å². The molecule has 2 aliphatic heterocycles. The lowest BCUT2D eigenvalue weighted by atomic mass is 10.2. The highest BCUT2D eigenvalue weighted by molar-refractivity contribution is 5.75. The van der Waals surface area contributed by atoms with Crippen molar-refractivity contribution in [1.29, 1.82) is 0 Å². The van der Waals surface area contributed by atoms with Crippen LogP contribution in [0.25, 0.3) is 0 Å². The number of likely N-dealkylation sites (tertiary alicyclic amines) is 2. The van der Waals surface area contributed by atoms with Crippen LogP contribution in [0.5, 0.6) is 0 Å². The molecule has 2 aliphatic rings. The molecule has 2 saturated heterocycles. The molecule has 2 amide bonds. The van der Waals surface area contributed by atoms with Crippen molar-refractivity contribution in [2.24, 2.45) is 0 Å². The lowest BCUT2D eigenvalue weighted by molar-refractivity contribution is -0.146. The molecule has 114 valence electrons. The van der Waals surface area contributed by atoms with Gasteiger partial charge in [-0.2, -0.15) is 0 Å². The number of carbonyl (C=O) groups is 2. The minimum absolute atomic E-state index is 0.0322. The van der Waals surface area contributed by atoms with E-state index in [9.17, 15) is 9.59 Å². The summed E-state index contributed by atoms with van der Waals surface area (Å²) < 4.78 is 0. The van der Waals surface area contributed by atoms with E-state index >= 15 is 0 Å². The smallest absolute Gasteiger partial charge is 0.332 e. The number of hydrogen-bond acceptors (Lipinski definition) is 4. The third kappa shape index (κ3) is 3.83. The van der Waals surface area contributed by atoms with Crippen molar-refractivity contribution in [3.63, 3.8) is 0 Å². The first kappa shape index (κ1) is 15.1. The molecule has 2 atom stereocenters. The van der Waals surface area contributed by atoms with Gasteiger partial charge in [-0.25, -0.2) is 9.59 Å². The summed E-state index contributed by atoms with van der Waals surface area (Å²) in [5.41, 5.74) is 0. The Balaban J connectivity index is 1.67. The summed E-state index contributed by atoms with van der Waals surface area (Å²) in [6.07, 6.45) is 2.12. The van der Waals surface area contributed by atoms with Crippen molar-refractivity contribution >= 4 is 12.0 Å². The molecule has 0 spiro atoms. The van der Waals surface area contributed by atoms with Gasteiger partial charge < -0.3 is 20.4 Å². The van der Waals surface area contributed by atoms with Gasteiger partial charge >= 0.3 is 12.0 Å². The second-order valence-electron chi connectivity index (χ2n) is 5.51. The minimum Gasteiger partial charge on any atom is -0.479 e. The van der Waals surface area contributed by atoms with Crippen molar-refractivity contribution < 1.29 is 19.8 Å². The molecule has 0 aromatic carbocycles. The van der Waals surface area contributed by atoms with Gasteiger partial charge in [-0.15, -0.1) is 0 Å². The fourth-order valence-electron chi connectivity index (χ4n) is 2.88. The van der Waals surface area contributed by atoms with Gasteiger partial charge in [-0.1, -0.05) is 0 Å². The summed E-state index contributed by atoms with van der Waals surface area (Å²) in [5.74, 6) is -1.26. The number of carbonyl (C=O) groups excluding carboxylic acids is 1. The lowest BCUT2D eigenvalue weighted by Crippen LogP contribution is -2.42. The van der Waals surface area contributed by atoms with Crippen LogP contribution in [-0.4, -0.2) is 76.9 Å². The van der Waals surface area contributed by atoms with E-state index in [1.165, 1.54) is 12.8 Å². The summed E-state index contributed by atoms with van der Waals surface area (Å²) in [6, 6.07) is 0.303. The predicted octanol–water partition coefficient (Wildman–Crippen LogP) is -0.298. The molecule has 7 heteroatoms. The molecule has 0 bridgehead atoms. The first-order chi connectivity index (χ1) is 9.58. The van der Waals surface area contributed by atoms with Gasteiger partial charge in [0.2, 0.25) is 0 Å². The molecule has 2 heterocycles. The lowest BCUT2D eigenvalue weighted by Gasteiger charge is -2.23. The first-order valence-electron chi connectivity index (χ1n) is 7.25. The molecular weight excluding hydrogens is 262 g/mol. The topological polar surface area (TPSA) is 93.1 Å². The highest BCUT2D eigenvalue weighted by Crippen LogP contribution is 2.20. The molecule has 0 aliphatic carbocycles. The van der Waals surface area contributed by atoms with Gasteiger partial charge in [-0.05, 0) is 32.4 Å². The highest BCUT2D eigenvalue weighted by Gasteiger charge is 2.31. The fourth-order valence-corrected chi connectivity index (χ4v) is 2.88. The van der Waals surface area contributed by atoms with Crippen molar-refractivity contribution in [3.05, 3.63) is 0 Å². The van der Waals surface area contributed by atoms with E-state index in [0.29, 0.717) is 6.04 Å². The zero-order valence-electron chi connectivity index (χ0n) is 11.6. The minimum atomic E-state index is -1.41. The second-order valence-corrected chi connectivity index (χ2v) is 5.51. The Bertz CT molecular complexity index is 358. The number of nitrogens with zero attached hydrogens (tertiary/aromatic N) is 2. The number of urea groups is 1. The average Bonchev–Trinajstić information content (AvgIpc) is 3.08. The summed E-state index contributed by atoms with van der Waals surface area (Å²) >= 11 is 0. The number of amides is 2. The average molecular weight is 285 g/mol. The third-order valence-electron chi connectivity index (χ3n) is 4.09. The van der Waals surface area contributed by atoms with Crippen LogP contribution in [0.4, 0.5) is 4.79 Å². The van der Waals surface area contributed by atoms with Crippen molar-refractivity contribution in [2.45, 2.75) is 37.8 Å². The number of hydrogen-bond donors (Lipinski definition) is 3. The quantitative estimate of drug-likeness (QED) is 0.645. The van der Waals surface area contributed by atoms with E-state index in [1.807, 2.05) is 0 Å². The Kier molecular flexibility index (Phi) is 5.19. The zero-order valence-corrected chi connectivity index (χ0v) is 11.6. The van der Waals surface area contributed by atoms with Crippen LogP contribution in [0.15, 0.2) is 0 Å². The fraction of sp³-hybridized carbons (Fsp3) is 0.846. The molecule has 2 rings (SSSR count). The summed E-state index contributed by atoms with van der Waals surface area (Å²) in [7, 11) is 0. The summed E-state index contributed by atoms with van der Waals surface area (Å²) in [4.78, 5) is 26.6. The molecule has 2 fully saturated rings. The SMILES string of the molecule is O=C(O)C(O)CCNC(=O)N1CCC(N2CCCC2)C1. The van der Waals surface area contributed by atoms with Crippen LogP contribution in [-0.2, 0) is 4.79 Å². The van der Waals surface area contributed by atoms with E-state index in [0.717, 1.165) is 32.6 Å². The van der Waals surface area contributed by atoms with E-state index in [1.54, 1.807) is 4.90 Å². The van der Waals surface area contributed by atoms with Gasteiger partial charge in [0.1, 0.15) is 0 Å². The number of aliphatic carboxylic acids is 1. The Labute approximate surface area is 118 Å². The van der Waals surface area contributed by atoms with Gasteiger partial charge in [-0.3, -0.25) is 4.90 Å². The van der Waals surface area contributed by atoms with Gasteiger partial charge in [0.25, 0.3) is 0 Å². The maximum atomic E-state index is 11.9. The number of nitrogens with one attached hydrogen (secondary N) is 1. The predicted molar refractivity (Wildman–Crippen MR) is 72.4 cm³/mol. The Morgan fingerprint density at radius 2 is 1.95 bits per heavy atom. The number of carboxylic acids is 1. The van der Waals surface area contributed by atoms with Gasteiger partial charge in [0, 0.05) is 32.1 Å². The number of aliphatic hydroxyl groups is 1. The normalized spacial score (nSPS) is 24.9. The molecule has 2 unspecified atom stereocenters. The monoisotopic (exact) mass is 285 g/mol. The second kappa shape index (κ2) is 6.90. The van der Waals surface area contributed by atoms with Crippen molar-refractivity contribution in [2.75, 3.05) is 32.7 Å².